The van der Waals surface area contributed by atoms with Gasteiger partial charge in [-0.2, -0.15) is 0 Å². The summed E-state index contributed by atoms with van der Waals surface area (Å²) in [5, 5.41) is 10.5. The number of para-hydroxylation sites is 1. The van der Waals surface area contributed by atoms with Crippen molar-refractivity contribution in [3.05, 3.63) is 52.1 Å². The van der Waals surface area contributed by atoms with E-state index in [9.17, 15) is 4.79 Å². The van der Waals surface area contributed by atoms with Crippen molar-refractivity contribution in [2.24, 2.45) is 7.05 Å². The summed E-state index contributed by atoms with van der Waals surface area (Å²) in [5.74, 6) is -0.413. The largest absolute Gasteiger partial charge is 0.476 e. The van der Waals surface area contributed by atoms with Crippen LogP contribution in [0.3, 0.4) is 0 Å². The number of aromatic carboxylic acids is 1. The standard InChI is InChI=1S/C18H19N3O2S/c1-20-11-15(14-4-2-3-5-16(14)20)12-6-7-21(9-12)10-13-8-19-17(24-13)18(22)23/h2-5,8,11-12H,6-7,9-10H2,1H3,(H,22,23). The number of carboxylic acid groups (broad SMARTS) is 1. The Morgan fingerprint density at radius 2 is 2.25 bits per heavy atom. The van der Waals surface area contributed by atoms with Crippen LogP contribution < -0.4 is 0 Å². The van der Waals surface area contributed by atoms with Gasteiger partial charge in [-0.15, -0.1) is 11.3 Å². The maximum Gasteiger partial charge on any atom is 0.365 e. The van der Waals surface area contributed by atoms with Crippen molar-refractivity contribution in [2.75, 3.05) is 13.1 Å². The van der Waals surface area contributed by atoms with Crippen LogP contribution in [0.1, 0.15) is 32.6 Å². The first kappa shape index (κ1) is 15.4. The van der Waals surface area contributed by atoms with Crippen LogP contribution in [0, 0.1) is 0 Å². The van der Waals surface area contributed by atoms with Gasteiger partial charge >= 0.3 is 5.97 Å². The molecule has 3 heterocycles. The highest BCUT2D eigenvalue weighted by Gasteiger charge is 2.26. The van der Waals surface area contributed by atoms with Crippen molar-refractivity contribution in [2.45, 2.75) is 18.9 Å². The van der Waals surface area contributed by atoms with Gasteiger partial charge in [0.1, 0.15) is 0 Å². The summed E-state index contributed by atoms with van der Waals surface area (Å²) in [7, 11) is 2.10. The molecule has 1 saturated heterocycles. The smallest absolute Gasteiger partial charge is 0.365 e. The number of carbonyl (C=O) groups is 1. The molecule has 1 atom stereocenters. The summed E-state index contributed by atoms with van der Waals surface area (Å²) in [6.45, 7) is 2.83. The molecule has 1 N–H and O–H groups in total. The van der Waals surface area contributed by atoms with Gasteiger partial charge in [-0.05, 0) is 30.5 Å². The van der Waals surface area contributed by atoms with Gasteiger partial charge in [0.15, 0.2) is 0 Å². The van der Waals surface area contributed by atoms with E-state index < -0.39 is 5.97 Å². The summed E-state index contributed by atoms with van der Waals surface area (Å²) in [4.78, 5) is 18.3. The van der Waals surface area contributed by atoms with Gasteiger partial charge in [-0.1, -0.05) is 18.2 Å². The molecular weight excluding hydrogens is 322 g/mol. The molecule has 1 aliphatic heterocycles. The molecule has 24 heavy (non-hydrogen) atoms. The quantitative estimate of drug-likeness (QED) is 0.791. The molecular formula is C18H19N3O2S. The number of thiazole rings is 1. The molecule has 0 amide bonds. The topological polar surface area (TPSA) is 58.4 Å². The van der Waals surface area contributed by atoms with Gasteiger partial charge in [-0.3, -0.25) is 4.90 Å². The Balaban J connectivity index is 1.50. The third kappa shape index (κ3) is 2.72. The molecule has 0 aliphatic carbocycles. The monoisotopic (exact) mass is 341 g/mol. The first-order valence-electron chi connectivity index (χ1n) is 8.06. The second kappa shape index (κ2) is 6.03. The second-order valence-electron chi connectivity index (χ2n) is 6.37. The molecule has 1 unspecified atom stereocenters. The van der Waals surface area contributed by atoms with E-state index in [-0.39, 0.29) is 5.01 Å². The van der Waals surface area contributed by atoms with Crippen LogP contribution in [0.2, 0.25) is 0 Å². The number of fused-ring (bicyclic) bond motifs is 1. The van der Waals surface area contributed by atoms with Gasteiger partial charge in [0.05, 0.1) is 0 Å². The van der Waals surface area contributed by atoms with Crippen molar-refractivity contribution in [3.63, 3.8) is 0 Å². The predicted molar refractivity (Wildman–Crippen MR) is 94.6 cm³/mol. The number of likely N-dealkylation sites (tertiary alicyclic amines) is 1. The van der Waals surface area contributed by atoms with Crippen molar-refractivity contribution < 1.29 is 9.90 Å². The number of aromatic nitrogens is 2. The zero-order chi connectivity index (χ0) is 16.7. The highest BCUT2D eigenvalue weighted by molar-refractivity contribution is 7.13. The lowest BCUT2D eigenvalue weighted by atomic mass is 9.98. The minimum atomic E-state index is -0.943. The number of benzene rings is 1. The number of hydrogen-bond donors (Lipinski definition) is 1. The van der Waals surface area contributed by atoms with Crippen LogP contribution in [0.15, 0.2) is 36.7 Å². The fraction of sp³-hybridized carbons (Fsp3) is 0.333. The fourth-order valence-electron chi connectivity index (χ4n) is 3.63. The maximum absolute atomic E-state index is 10.9. The van der Waals surface area contributed by atoms with Crippen molar-refractivity contribution in [3.8, 4) is 0 Å². The van der Waals surface area contributed by atoms with Gasteiger partial charge in [-0.25, -0.2) is 9.78 Å². The lowest BCUT2D eigenvalue weighted by molar-refractivity contribution is 0.0696. The molecule has 1 fully saturated rings. The zero-order valence-electron chi connectivity index (χ0n) is 13.5. The maximum atomic E-state index is 10.9. The third-order valence-electron chi connectivity index (χ3n) is 4.76. The molecule has 1 aliphatic rings. The Bertz CT molecular complexity index is 899. The van der Waals surface area contributed by atoms with E-state index in [4.69, 9.17) is 5.11 Å². The summed E-state index contributed by atoms with van der Waals surface area (Å²) in [5.41, 5.74) is 2.70. The Labute approximate surface area is 144 Å². The average molecular weight is 341 g/mol. The molecule has 0 bridgehead atoms. The minimum absolute atomic E-state index is 0.176. The van der Waals surface area contributed by atoms with Gasteiger partial charge in [0.25, 0.3) is 0 Å². The van der Waals surface area contributed by atoms with Crippen LogP contribution in [-0.2, 0) is 13.6 Å². The molecule has 0 saturated carbocycles. The zero-order valence-corrected chi connectivity index (χ0v) is 14.3. The Kier molecular flexibility index (Phi) is 3.86. The SMILES string of the molecule is Cn1cc(C2CCN(Cc3cnc(C(=O)O)s3)C2)c2ccccc21. The van der Waals surface area contributed by atoms with Crippen molar-refractivity contribution in [1.82, 2.24) is 14.5 Å². The molecule has 3 aromatic rings. The Hall–Kier alpha value is -2.18. The number of nitrogens with zero attached hydrogens (tertiary/aromatic N) is 3. The lowest BCUT2D eigenvalue weighted by Gasteiger charge is -2.14. The van der Waals surface area contributed by atoms with E-state index in [2.05, 4.69) is 52.0 Å². The van der Waals surface area contributed by atoms with Crippen LogP contribution in [-0.4, -0.2) is 38.6 Å². The minimum Gasteiger partial charge on any atom is -0.476 e. The molecule has 5 nitrogen and oxygen atoms in total. The summed E-state index contributed by atoms with van der Waals surface area (Å²) in [6.07, 6.45) is 5.09. The first-order chi connectivity index (χ1) is 11.6. The van der Waals surface area contributed by atoms with E-state index in [0.29, 0.717) is 5.92 Å². The Morgan fingerprint density at radius 1 is 1.42 bits per heavy atom. The van der Waals surface area contributed by atoms with E-state index in [1.54, 1.807) is 6.20 Å². The normalized spacial score (nSPS) is 18.5. The summed E-state index contributed by atoms with van der Waals surface area (Å²) >= 11 is 1.28. The summed E-state index contributed by atoms with van der Waals surface area (Å²) < 4.78 is 2.20. The van der Waals surface area contributed by atoms with Gasteiger partial charge in [0, 0.05) is 48.3 Å². The molecule has 4 rings (SSSR count). The van der Waals surface area contributed by atoms with E-state index >= 15 is 0 Å². The second-order valence-corrected chi connectivity index (χ2v) is 7.49. The van der Waals surface area contributed by atoms with Crippen LogP contribution in [0.4, 0.5) is 0 Å². The average Bonchev–Trinajstić information content (AvgIpc) is 3.28. The number of aryl methyl sites for hydroxylation is 1. The number of hydrogen-bond acceptors (Lipinski definition) is 4. The molecule has 1 aromatic carbocycles. The van der Waals surface area contributed by atoms with Gasteiger partial charge < -0.3 is 9.67 Å². The number of carboxylic acids is 1. The van der Waals surface area contributed by atoms with Crippen LogP contribution >= 0.6 is 11.3 Å². The predicted octanol–water partition coefficient (Wildman–Crippen LogP) is 3.32. The van der Waals surface area contributed by atoms with E-state index in [1.807, 2.05) is 0 Å². The lowest BCUT2D eigenvalue weighted by Crippen LogP contribution is -2.19. The van der Waals surface area contributed by atoms with E-state index in [0.717, 1.165) is 30.9 Å². The molecule has 2 aromatic heterocycles. The summed E-state index contributed by atoms with van der Waals surface area (Å²) in [6, 6.07) is 8.55. The van der Waals surface area contributed by atoms with Crippen molar-refractivity contribution >= 4 is 28.2 Å². The Morgan fingerprint density at radius 3 is 3.04 bits per heavy atom. The third-order valence-corrected chi connectivity index (χ3v) is 5.73. The molecule has 0 radical (unpaired) electrons. The first-order valence-corrected chi connectivity index (χ1v) is 8.88. The van der Waals surface area contributed by atoms with Crippen LogP contribution in [0.5, 0.6) is 0 Å². The van der Waals surface area contributed by atoms with Crippen LogP contribution in [0.25, 0.3) is 10.9 Å². The van der Waals surface area contributed by atoms with E-state index in [1.165, 1.54) is 27.8 Å². The highest BCUT2D eigenvalue weighted by Crippen LogP contribution is 2.34. The van der Waals surface area contributed by atoms with Crippen molar-refractivity contribution in [1.29, 1.82) is 0 Å². The highest BCUT2D eigenvalue weighted by atomic mass is 32.1. The molecule has 124 valence electrons. The molecule has 6 heteroatoms. The van der Waals surface area contributed by atoms with Gasteiger partial charge in [0.2, 0.25) is 5.01 Å². The molecule has 0 spiro atoms. The number of rotatable bonds is 4. The fourth-order valence-corrected chi connectivity index (χ4v) is 4.42.